The topological polar surface area (TPSA) is 42.4 Å². The van der Waals surface area contributed by atoms with Crippen LogP contribution < -0.4 is 4.90 Å². The second-order valence-electron chi connectivity index (χ2n) is 7.14. The Morgan fingerprint density at radius 3 is 2.86 bits per heavy atom. The Bertz CT molecular complexity index is 593. The number of pyridine rings is 1. The molecule has 22 heavy (non-hydrogen) atoms. The lowest BCUT2D eigenvalue weighted by Gasteiger charge is -2.48. The fraction of sp³-hybridized carbons (Fsp3) is 0.667. The summed E-state index contributed by atoms with van der Waals surface area (Å²) in [4.78, 5) is 18.9. The second-order valence-corrected chi connectivity index (χ2v) is 7.14. The number of hydrogen-bond donors (Lipinski definition) is 0. The van der Waals surface area contributed by atoms with Crippen LogP contribution in [0.2, 0.25) is 0 Å². The molecule has 1 saturated heterocycles. The van der Waals surface area contributed by atoms with Gasteiger partial charge in [0, 0.05) is 25.1 Å². The molecule has 0 aromatic carbocycles. The van der Waals surface area contributed by atoms with E-state index in [0.29, 0.717) is 6.42 Å². The minimum atomic E-state index is 0.0203. The molecule has 4 heteroatoms. The number of ketones is 1. The summed E-state index contributed by atoms with van der Waals surface area (Å²) >= 11 is 0. The standard InChI is InChI=1S/C18H24N2O2/c1-13-11-20(12-18(22-13)9-3-2-4-10-18)17-8-5-14-15(19-17)6-7-16(14)21/h5,8,13H,2-4,6-7,9-12H2,1H3. The van der Waals surface area contributed by atoms with Gasteiger partial charge in [-0.05, 0) is 38.3 Å². The molecule has 0 N–H and O–H groups in total. The summed E-state index contributed by atoms with van der Waals surface area (Å²) in [6.07, 6.45) is 7.86. The molecule has 1 aliphatic heterocycles. The normalized spacial score (nSPS) is 27.2. The maximum absolute atomic E-state index is 11.8. The molecule has 1 spiro atoms. The molecule has 1 aromatic rings. The number of carbonyl (C=O) groups is 1. The molecule has 1 unspecified atom stereocenters. The van der Waals surface area contributed by atoms with Gasteiger partial charge in [0.25, 0.3) is 0 Å². The van der Waals surface area contributed by atoms with Gasteiger partial charge in [0.05, 0.1) is 17.4 Å². The molecule has 4 nitrogen and oxygen atoms in total. The van der Waals surface area contributed by atoms with E-state index in [1.807, 2.05) is 12.1 Å². The zero-order valence-corrected chi connectivity index (χ0v) is 13.3. The number of rotatable bonds is 1. The molecular formula is C18H24N2O2. The van der Waals surface area contributed by atoms with E-state index in [1.165, 1.54) is 19.3 Å². The highest BCUT2D eigenvalue weighted by molar-refractivity contribution is 6.00. The molecule has 1 atom stereocenters. The number of hydrogen-bond acceptors (Lipinski definition) is 4. The number of ether oxygens (including phenoxy) is 1. The molecule has 0 amide bonds. The number of fused-ring (bicyclic) bond motifs is 1. The third-order valence-electron chi connectivity index (χ3n) is 5.35. The van der Waals surface area contributed by atoms with Gasteiger partial charge in [0.15, 0.2) is 5.78 Å². The zero-order chi connectivity index (χ0) is 15.2. The fourth-order valence-electron chi connectivity index (χ4n) is 4.35. The number of morpholine rings is 1. The molecule has 2 aliphatic carbocycles. The number of nitrogens with zero attached hydrogens (tertiary/aromatic N) is 2. The predicted octanol–water partition coefficient (Wildman–Crippen LogP) is 3.14. The van der Waals surface area contributed by atoms with Gasteiger partial charge < -0.3 is 9.64 Å². The van der Waals surface area contributed by atoms with E-state index in [2.05, 4.69) is 11.8 Å². The molecule has 3 aliphatic rings. The average molecular weight is 300 g/mol. The Morgan fingerprint density at radius 2 is 2.05 bits per heavy atom. The average Bonchev–Trinajstić information content (AvgIpc) is 2.88. The van der Waals surface area contributed by atoms with Gasteiger partial charge in [0.1, 0.15) is 5.82 Å². The molecule has 118 valence electrons. The summed E-state index contributed by atoms with van der Waals surface area (Å²) in [5, 5.41) is 0. The van der Waals surface area contributed by atoms with Gasteiger partial charge in [-0.15, -0.1) is 0 Å². The van der Waals surface area contributed by atoms with Gasteiger partial charge >= 0.3 is 0 Å². The van der Waals surface area contributed by atoms with Crippen LogP contribution in [0.5, 0.6) is 0 Å². The molecule has 0 bridgehead atoms. The Kier molecular flexibility index (Phi) is 3.44. The molecule has 2 heterocycles. The van der Waals surface area contributed by atoms with Gasteiger partial charge in [0.2, 0.25) is 0 Å². The van der Waals surface area contributed by atoms with Gasteiger partial charge in [-0.2, -0.15) is 0 Å². The highest BCUT2D eigenvalue weighted by atomic mass is 16.5. The summed E-state index contributed by atoms with van der Waals surface area (Å²) in [5.41, 5.74) is 1.84. The fourth-order valence-corrected chi connectivity index (χ4v) is 4.35. The summed E-state index contributed by atoms with van der Waals surface area (Å²) < 4.78 is 6.35. The lowest BCUT2D eigenvalue weighted by Crippen LogP contribution is -2.56. The Labute approximate surface area is 131 Å². The summed E-state index contributed by atoms with van der Waals surface area (Å²) in [6.45, 7) is 4.00. The maximum atomic E-state index is 11.8. The van der Waals surface area contributed by atoms with Crippen molar-refractivity contribution < 1.29 is 9.53 Å². The van der Waals surface area contributed by atoms with E-state index in [1.54, 1.807) is 0 Å². The number of anilines is 1. The minimum Gasteiger partial charge on any atom is -0.368 e. The van der Waals surface area contributed by atoms with Crippen LogP contribution in [-0.2, 0) is 11.2 Å². The van der Waals surface area contributed by atoms with Crippen molar-refractivity contribution in [3.05, 3.63) is 23.4 Å². The first-order valence-electron chi connectivity index (χ1n) is 8.61. The van der Waals surface area contributed by atoms with Gasteiger partial charge in [-0.1, -0.05) is 19.3 Å². The van der Waals surface area contributed by atoms with E-state index in [4.69, 9.17) is 9.72 Å². The lowest BCUT2D eigenvalue weighted by atomic mass is 9.83. The first-order valence-corrected chi connectivity index (χ1v) is 8.61. The van der Waals surface area contributed by atoms with Gasteiger partial charge in [-0.25, -0.2) is 4.98 Å². The van der Waals surface area contributed by atoms with Crippen LogP contribution in [-0.4, -0.2) is 35.6 Å². The molecule has 4 rings (SSSR count). The van der Waals surface area contributed by atoms with Crippen LogP contribution in [0.3, 0.4) is 0 Å². The third-order valence-corrected chi connectivity index (χ3v) is 5.35. The van der Waals surface area contributed by atoms with E-state index < -0.39 is 0 Å². The first-order chi connectivity index (χ1) is 10.7. The SMILES string of the molecule is CC1CN(c2ccc3c(n2)CCC3=O)CC2(CCCCC2)O1. The highest BCUT2D eigenvalue weighted by Gasteiger charge is 2.40. The van der Waals surface area contributed by atoms with Crippen LogP contribution in [0, 0.1) is 0 Å². The third kappa shape index (κ3) is 2.43. The van der Waals surface area contributed by atoms with E-state index in [-0.39, 0.29) is 17.5 Å². The molecule has 2 fully saturated rings. The maximum Gasteiger partial charge on any atom is 0.165 e. The molecule has 1 aromatic heterocycles. The summed E-state index contributed by atoms with van der Waals surface area (Å²) in [5.74, 6) is 1.27. The van der Waals surface area contributed by atoms with Crippen LogP contribution >= 0.6 is 0 Å². The van der Waals surface area contributed by atoms with Crippen molar-refractivity contribution in [2.24, 2.45) is 0 Å². The summed E-state index contributed by atoms with van der Waals surface area (Å²) in [6, 6.07) is 4.00. The van der Waals surface area contributed by atoms with Crippen molar-refractivity contribution in [3.63, 3.8) is 0 Å². The molecule has 0 radical (unpaired) electrons. The van der Waals surface area contributed by atoms with Gasteiger partial charge in [-0.3, -0.25) is 4.79 Å². The Hall–Kier alpha value is -1.42. The quantitative estimate of drug-likeness (QED) is 0.799. The molecular weight excluding hydrogens is 276 g/mol. The van der Waals surface area contributed by atoms with Crippen LogP contribution in [0.25, 0.3) is 0 Å². The van der Waals surface area contributed by atoms with Crippen molar-refractivity contribution >= 4 is 11.6 Å². The number of carbonyl (C=O) groups excluding carboxylic acids is 1. The van der Waals surface area contributed by atoms with Crippen LogP contribution in [0.4, 0.5) is 5.82 Å². The van der Waals surface area contributed by atoms with Crippen molar-refractivity contribution in [2.45, 2.75) is 63.6 Å². The minimum absolute atomic E-state index is 0.0203. The van der Waals surface area contributed by atoms with Crippen LogP contribution in [0.15, 0.2) is 12.1 Å². The van der Waals surface area contributed by atoms with Crippen molar-refractivity contribution in [1.82, 2.24) is 4.98 Å². The van der Waals surface area contributed by atoms with Crippen molar-refractivity contribution in [1.29, 1.82) is 0 Å². The van der Waals surface area contributed by atoms with Crippen molar-refractivity contribution in [2.75, 3.05) is 18.0 Å². The second kappa shape index (κ2) is 5.34. The largest absolute Gasteiger partial charge is 0.368 e. The predicted molar refractivity (Wildman–Crippen MR) is 85.5 cm³/mol. The summed E-state index contributed by atoms with van der Waals surface area (Å²) in [7, 11) is 0. The van der Waals surface area contributed by atoms with Crippen molar-refractivity contribution in [3.8, 4) is 0 Å². The molecule has 1 saturated carbocycles. The number of Topliss-reactive ketones (excluding diaryl/α,β-unsaturated/α-hetero) is 1. The van der Waals surface area contributed by atoms with E-state index >= 15 is 0 Å². The first kappa shape index (κ1) is 14.2. The Balaban J connectivity index is 1.60. The smallest absolute Gasteiger partial charge is 0.165 e. The van der Waals surface area contributed by atoms with Crippen LogP contribution in [0.1, 0.15) is 61.5 Å². The monoisotopic (exact) mass is 300 g/mol. The Morgan fingerprint density at radius 1 is 1.23 bits per heavy atom. The van der Waals surface area contributed by atoms with E-state index in [0.717, 1.165) is 49.4 Å². The van der Waals surface area contributed by atoms with E-state index in [9.17, 15) is 4.79 Å². The number of aryl methyl sites for hydroxylation is 1. The number of aromatic nitrogens is 1. The lowest BCUT2D eigenvalue weighted by molar-refractivity contribution is -0.117. The zero-order valence-electron chi connectivity index (χ0n) is 13.3. The highest BCUT2D eigenvalue weighted by Crippen LogP contribution is 2.37.